The van der Waals surface area contributed by atoms with Gasteiger partial charge in [-0.05, 0) is 61.7 Å². The summed E-state index contributed by atoms with van der Waals surface area (Å²) in [6.07, 6.45) is 1.88. The molecule has 1 saturated heterocycles. The summed E-state index contributed by atoms with van der Waals surface area (Å²) in [5.41, 5.74) is 1.21. The number of hydrogen-bond donors (Lipinski definition) is 1. The fraction of sp³-hybridized carbons (Fsp3) is 0.429. The highest BCUT2D eigenvalue weighted by Gasteiger charge is 2.37. The van der Waals surface area contributed by atoms with E-state index in [1.807, 2.05) is 12.1 Å². The summed E-state index contributed by atoms with van der Waals surface area (Å²) in [5, 5.41) is 3.53. The summed E-state index contributed by atoms with van der Waals surface area (Å²) in [7, 11) is -1.89. The van der Waals surface area contributed by atoms with Gasteiger partial charge in [-0.25, -0.2) is 8.42 Å². The maximum absolute atomic E-state index is 12.7. The molecule has 7 nitrogen and oxygen atoms in total. The number of fused-ring (bicyclic) bond motifs is 1. The summed E-state index contributed by atoms with van der Waals surface area (Å²) in [6.45, 7) is 3.40. The number of methoxy groups -OCH3 is 1. The van der Waals surface area contributed by atoms with Gasteiger partial charge >= 0.3 is 0 Å². The number of ether oxygens (including phenoxy) is 3. The van der Waals surface area contributed by atoms with Crippen LogP contribution in [0.5, 0.6) is 17.2 Å². The molecule has 1 atom stereocenters. The first-order valence-corrected chi connectivity index (χ1v) is 11.2. The lowest BCUT2D eigenvalue weighted by Gasteiger charge is -2.40. The minimum absolute atomic E-state index is 0.176. The molecule has 0 aromatic heterocycles. The minimum atomic E-state index is -3.45. The van der Waals surface area contributed by atoms with Crippen LogP contribution in [0.3, 0.4) is 0 Å². The number of nitrogens with zero attached hydrogens (tertiary/aromatic N) is 1. The Morgan fingerprint density at radius 3 is 2.59 bits per heavy atom. The van der Waals surface area contributed by atoms with Gasteiger partial charge in [-0.1, -0.05) is 6.07 Å². The van der Waals surface area contributed by atoms with Crippen molar-refractivity contribution in [2.24, 2.45) is 0 Å². The van der Waals surface area contributed by atoms with E-state index in [4.69, 9.17) is 14.2 Å². The molecule has 8 heteroatoms. The lowest BCUT2D eigenvalue weighted by Crippen LogP contribution is -2.61. The minimum Gasteiger partial charge on any atom is -0.497 e. The molecule has 29 heavy (non-hydrogen) atoms. The summed E-state index contributed by atoms with van der Waals surface area (Å²) < 4.78 is 42.7. The molecule has 1 fully saturated rings. The van der Waals surface area contributed by atoms with Crippen molar-refractivity contribution in [3.63, 3.8) is 0 Å². The largest absolute Gasteiger partial charge is 0.497 e. The van der Waals surface area contributed by atoms with Gasteiger partial charge in [0.2, 0.25) is 16.8 Å². The summed E-state index contributed by atoms with van der Waals surface area (Å²) in [5.74, 6) is 2.25. The SMILES string of the molecule is COc1ccc(S(=O)(=O)N2CC(N[C@@H](C)CCc3ccc4c(c3)OCO4)C2)cc1. The standard InChI is InChI=1S/C21H26N2O5S/c1-15(3-4-16-5-10-20-21(11-16)28-14-27-20)22-17-12-23(13-17)29(24,25)19-8-6-18(26-2)7-9-19/h5-11,15,17,22H,3-4,12-14H2,1-2H3/t15-/m0/s1. The first kappa shape index (κ1) is 20.0. The highest BCUT2D eigenvalue weighted by Crippen LogP contribution is 2.33. The van der Waals surface area contributed by atoms with Crippen LogP contribution in [0.15, 0.2) is 47.4 Å². The molecule has 1 N–H and O–H groups in total. The van der Waals surface area contributed by atoms with Crippen LogP contribution in [0.2, 0.25) is 0 Å². The molecule has 0 spiro atoms. The number of rotatable bonds is 8. The van der Waals surface area contributed by atoms with E-state index in [-0.39, 0.29) is 18.9 Å². The van der Waals surface area contributed by atoms with Crippen LogP contribution in [0.4, 0.5) is 0 Å². The molecule has 0 saturated carbocycles. The topological polar surface area (TPSA) is 77.1 Å². The summed E-state index contributed by atoms with van der Waals surface area (Å²) in [6, 6.07) is 13.0. The van der Waals surface area contributed by atoms with Crippen molar-refractivity contribution in [1.82, 2.24) is 9.62 Å². The van der Waals surface area contributed by atoms with E-state index in [0.717, 1.165) is 24.3 Å². The predicted molar refractivity (Wildman–Crippen MR) is 109 cm³/mol. The zero-order chi connectivity index (χ0) is 20.4. The van der Waals surface area contributed by atoms with Gasteiger partial charge in [-0.15, -0.1) is 0 Å². The van der Waals surface area contributed by atoms with Gasteiger partial charge in [0.1, 0.15) is 5.75 Å². The molecular weight excluding hydrogens is 392 g/mol. The molecule has 2 heterocycles. The Bertz CT molecular complexity index is 956. The monoisotopic (exact) mass is 418 g/mol. The number of hydrogen-bond acceptors (Lipinski definition) is 6. The van der Waals surface area contributed by atoms with Crippen molar-refractivity contribution in [1.29, 1.82) is 0 Å². The Hall–Kier alpha value is -2.29. The molecule has 2 aliphatic heterocycles. The number of aryl methyl sites for hydroxylation is 1. The fourth-order valence-electron chi connectivity index (χ4n) is 3.60. The molecule has 0 aliphatic carbocycles. The van der Waals surface area contributed by atoms with E-state index in [9.17, 15) is 8.42 Å². The van der Waals surface area contributed by atoms with E-state index in [0.29, 0.717) is 23.7 Å². The van der Waals surface area contributed by atoms with Crippen molar-refractivity contribution < 1.29 is 22.6 Å². The van der Waals surface area contributed by atoms with E-state index < -0.39 is 10.0 Å². The van der Waals surface area contributed by atoms with Crippen LogP contribution < -0.4 is 19.5 Å². The summed E-state index contributed by atoms with van der Waals surface area (Å²) >= 11 is 0. The highest BCUT2D eigenvalue weighted by atomic mass is 32.2. The van der Waals surface area contributed by atoms with Crippen LogP contribution in [-0.4, -0.2) is 51.8 Å². The van der Waals surface area contributed by atoms with E-state index in [1.54, 1.807) is 31.4 Å². The van der Waals surface area contributed by atoms with Crippen LogP contribution >= 0.6 is 0 Å². The van der Waals surface area contributed by atoms with Gasteiger partial charge in [-0.3, -0.25) is 0 Å². The predicted octanol–water partition coefficient (Wildman–Crippen LogP) is 2.41. The normalized spacial score (nSPS) is 17.7. The van der Waals surface area contributed by atoms with Crippen LogP contribution in [0.1, 0.15) is 18.9 Å². The maximum Gasteiger partial charge on any atom is 0.243 e. The van der Waals surface area contributed by atoms with Crippen molar-refractivity contribution >= 4 is 10.0 Å². The zero-order valence-electron chi connectivity index (χ0n) is 16.6. The molecular formula is C21H26N2O5S. The molecule has 2 aromatic carbocycles. The van der Waals surface area contributed by atoms with E-state index >= 15 is 0 Å². The van der Waals surface area contributed by atoms with Gasteiger partial charge in [0.25, 0.3) is 0 Å². The quantitative estimate of drug-likeness (QED) is 0.710. The maximum atomic E-state index is 12.7. The van der Waals surface area contributed by atoms with Gasteiger partial charge in [-0.2, -0.15) is 4.31 Å². The fourth-order valence-corrected chi connectivity index (χ4v) is 5.13. The first-order chi connectivity index (χ1) is 14.0. The van der Waals surface area contributed by atoms with Crippen molar-refractivity contribution in [3.8, 4) is 17.2 Å². The molecule has 0 bridgehead atoms. The van der Waals surface area contributed by atoms with Gasteiger partial charge in [0, 0.05) is 25.2 Å². The molecule has 0 amide bonds. The van der Waals surface area contributed by atoms with E-state index in [1.165, 1.54) is 9.87 Å². The third kappa shape index (κ3) is 4.34. The zero-order valence-corrected chi connectivity index (χ0v) is 17.4. The Morgan fingerprint density at radius 2 is 1.86 bits per heavy atom. The number of nitrogens with one attached hydrogen (secondary N) is 1. The molecule has 4 rings (SSSR count). The second-order valence-corrected chi connectivity index (χ2v) is 9.43. The molecule has 0 unspecified atom stereocenters. The first-order valence-electron chi connectivity index (χ1n) is 9.74. The average Bonchev–Trinajstić information content (AvgIpc) is 3.16. The van der Waals surface area contributed by atoms with Crippen LogP contribution in [0.25, 0.3) is 0 Å². The van der Waals surface area contributed by atoms with Crippen LogP contribution in [-0.2, 0) is 16.4 Å². The van der Waals surface area contributed by atoms with Gasteiger partial charge in [0.15, 0.2) is 11.5 Å². The van der Waals surface area contributed by atoms with E-state index in [2.05, 4.69) is 18.3 Å². The Morgan fingerprint density at radius 1 is 1.14 bits per heavy atom. The third-order valence-corrected chi connectivity index (χ3v) is 7.21. The number of benzene rings is 2. The average molecular weight is 419 g/mol. The third-order valence-electron chi connectivity index (χ3n) is 5.37. The highest BCUT2D eigenvalue weighted by molar-refractivity contribution is 7.89. The summed E-state index contributed by atoms with van der Waals surface area (Å²) in [4.78, 5) is 0.299. The second-order valence-electron chi connectivity index (χ2n) is 7.49. The Balaban J connectivity index is 1.24. The van der Waals surface area contributed by atoms with Crippen molar-refractivity contribution in [2.45, 2.75) is 36.7 Å². The van der Waals surface area contributed by atoms with Gasteiger partial charge < -0.3 is 19.5 Å². The molecule has 156 valence electrons. The lowest BCUT2D eigenvalue weighted by molar-refractivity contribution is 0.174. The van der Waals surface area contributed by atoms with Crippen LogP contribution in [0, 0.1) is 0 Å². The Kier molecular flexibility index (Phi) is 5.67. The van der Waals surface area contributed by atoms with Crippen molar-refractivity contribution in [2.75, 3.05) is 27.0 Å². The Labute approximate surface area is 171 Å². The van der Waals surface area contributed by atoms with Gasteiger partial charge in [0.05, 0.1) is 12.0 Å². The molecule has 0 radical (unpaired) electrons. The van der Waals surface area contributed by atoms with Crippen molar-refractivity contribution in [3.05, 3.63) is 48.0 Å². The second kappa shape index (κ2) is 8.22. The lowest BCUT2D eigenvalue weighted by atomic mass is 10.0. The molecule has 2 aromatic rings. The smallest absolute Gasteiger partial charge is 0.243 e. The molecule has 2 aliphatic rings. The number of sulfonamides is 1.